The molecule has 0 aromatic heterocycles. The van der Waals surface area contributed by atoms with Gasteiger partial charge in [0.25, 0.3) is 5.91 Å². The Morgan fingerprint density at radius 2 is 2.39 bits per heavy atom. The summed E-state index contributed by atoms with van der Waals surface area (Å²) in [4.78, 5) is 14.2. The van der Waals surface area contributed by atoms with Crippen molar-refractivity contribution in [1.82, 2.24) is 4.90 Å². The van der Waals surface area contributed by atoms with Gasteiger partial charge in [-0.3, -0.25) is 4.79 Å². The zero-order chi connectivity index (χ0) is 13.1. The summed E-state index contributed by atoms with van der Waals surface area (Å²) in [7, 11) is 0. The number of carbonyl (C=O) groups is 1. The summed E-state index contributed by atoms with van der Waals surface area (Å²) in [5.74, 6) is -0.136. The largest absolute Gasteiger partial charge is 0.506 e. The summed E-state index contributed by atoms with van der Waals surface area (Å²) in [5, 5.41) is 9.55. The molecule has 0 bridgehead atoms. The van der Waals surface area contributed by atoms with E-state index in [9.17, 15) is 9.90 Å². The van der Waals surface area contributed by atoms with Crippen molar-refractivity contribution in [2.45, 2.75) is 19.4 Å². The van der Waals surface area contributed by atoms with Gasteiger partial charge in [0, 0.05) is 12.1 Å². The second-order valence-corrected chi connectivity index (χ2v) is 4.41. The first kappa shape index (κ1) is 12.7. The lowest BCUT2D eigenvalue weighted by Crippen LogP contribution is -2.48. The summed E-state index contributed by atoms with van der Waals surface area (Å²) in [5.41, 5.74) is 6.26. The van der Waals surface area contributed by atoms with Crippen molar-refractivity contribution < 1.29 is 14.6 Å². The molecule has 5 nitrogen and oxygen atoms in total. The Labute approximate surface area is 106 Å². The molecule has 1 atom stereocenters. The van der Waals surface area contributed by atoms with Crippen molar-refractivity contribution in [3.8, 4) is 5.75 Å². The van der Waals surface area contributed by atoms with Gasteiger partial charge < -0.3 is 20.5 Å². The Bertz CT molecular complexity index is 448. The molecule has 1 aromatic carbocycles. The van der Waals surface area contributed by atoms with Crippen LogP contribution in [0.4, 0.5) is 5.69 Å². The number of hydrogen-bond acceptors (Lipinski definition) is 4. The fourth-order valence-electron chi connectivity index (χ4n) is 2.10. The van der Waals surface area contributed by atoms with Crippen molar-refractivity contribution in [3.05, 3.63) is 23.8 Å². The van der Waals surface area contributed by atoms with Crippen molar-refractivity contribution in [2.75, 3.05) is 25.5 Å². The van der Waals surface area contributed by atoms with Crippen LogP contribution in [0.3, 0.4) is 0 Å². The normalized spacial score (nSPS) is 19.8. The number of nitrogen functional groups attached to an aromatic ring is 1. The first-order chi connectivity index (χ1) is 8.63. The molecule has 18 heavy (non-hydrogen) atoms. The second kappa shape index (κ2) is 5.27. The highest BCUT2D eigenvalue weighted by Crippen LogP contribution is 2.23. The zero-order valence-corrected chi connectivity index (χ0v) is 10.4. The number of benzene rings is 1. The van der Waals surface area contributed by atoms with Gasteiger partial charge >= 0.3 is 0 Å². The zero-order valence-electron chi connectivity index (χ0n) is 10.4. The SMILES string of the molecule is CCC1COCCN1C(=O)c1ccc(N)c(O)c1. The lowest BCUT2D eigenvalue weighted by Gasteiger charge is -2.35. The van der Waals surface area contributed by atoms with Gasteiger partial charge in [-0.1, -0.05) is 6.92 Å². The first-order valence-corrected chi connectivity index (χ1v) is 6.10. The molecule has 1 amide bonds. The Balaban J connectivity index is 2.21. The molecule has 1 aliphatic rings. The molecular formula is C13H18N2O3. The monoisotopic (exact) mass is 250 g/mol. The quantitative estimate of drug-likeness (QED) is 0.611. The maximum Gasteiger partial charge on any atom is 0.254 e. The van der Waals surface area contributed by atoms with E-state index in [1.165, 1.54) is 6.07 Å². The van der Waals surface area contributed by atoms with E-state index in [0.717, 1.165) is 6.42 Å². The Morgan fingerprint density at radius 3 is 3.06 bits per heavy atom. The Kier molecular flexibility index (Phi) is 3.72. The van der Waals surface area contributed by atoms with Crippen molar-refractivity contribution in [3.63, 3.8) is 0 Å². The highest BCUT2D eigenvalue weighted by molar-refractivity contribution is 5.95. The molecule has 1 heterocycles. The fraction of sp³-hybridized carbons (Fsp3) is 0.462. The molecule has 1 aliphatic heterocycles. The summed E-state index contributed by atoms with van der Waals surface area (Å²) in [6.07, 6.45) is 0.854. The van der Waals surface area contributed by atoms with Crippen LogP contribution in [0, 0.1) is 0 Å². The van der Waals surface area contributed by atoms with Gasteiger partial charge in [0.05, 0.1) is 24.9 Å². The smallest absolute Gasteiger partial charge is 0.254 e. The van der Waals surface area contributed by atoms with Crippen LogP contribution in [0.1, 0.15) is 23.7 Å². The minimum absolute atomic E-state index is 0.0536. The van der Waals surface area contributed by atoms with Gasteiger partial charge in [0.2, 0.25) is 0 Å². The number of aromatic hydroxyl groups is 1. The molecule has 0 radical (unpaired) electrons. The molecule has 98 valence electrons. The number of morpholine rings is 1. The lowest BCUT2D eigenvalue weighted by atomic mass is 10.1. The predicted octanol–water partition coefficient (Wildman–Crippen LogP) is 1.23. The molecule has 1 fully saturated rings. The molecule has 1 aromatic rings. The highest BCUT2D eigenvalue weighted by Gasteiger charge is 2.26. The summed E-state index contributed by atoms with van der Waals surface area (Å²) >= 11 is 0. The number of phenolic OH excluding ortho intramolecular Hbond substituents is 1. The summed E-state index contributed by atoms with van der Waals surface area (Å²) < 4.78 is 5.37. The number of carbonyl (C=O) groups excluding carboxylic acids is 1. The summed E-state index contributed by atoms with van der Waals surface area (Å²) in [6, 6.07) is 4.70. The average Bonchev–Trinajstić information content (AvgIpc) is 2.41. The van der Waals surface area contributed by atoms with Gasteiger partial charge in [0.15, 0.2) is 0 Å². The lowest BCUT2D eigenvalue weighted by molar-refractivity contribution is -0.00281. The standard InChI is InChI=1S/C13H18N2O3/c1-2-10-8-18-6-5-15(10)13(17)9-3-4-11(14)12(16)7-9/h3-4,7,10,16H,2,5-6,8,14H2,1H3. The minimum atomic E-state index is -0.0829. The Morgan fingerprint density at radius 1 is 1.61 bits per heavy atom. The van der Waals surface area contributed by atoms with E-state index >= 15 is 0 Å². The van der Waals surface area contributed by atoms with Crippen LogP contribution in [-0.2, 0) is 4.74 Å². The molecular weight excluding hydrogens is 232 g/mol. The molecule has 0 spiro atoms. The van der Waals surface area contributed by atoms with Gasteiger partial charge in [-0.2, -0.15) is 0 Å². The van der Waals surface area contributed by atoms with Gasteiger partial charge in [-0.25, -0.2) is 0 Å². The summed E-state index contributed by atoms with van der Waals surface area (Å²) in [6.45, 7) is 3.74. The van der Waals surface area contributed by atoms with Crippen LogP contribution in [0.2, 0.25) is 0 Å². The van der Waals surface area contributed by atoms with Crippen molar-refractivity contribution >= 4 is 11.6 Å². The maximum absolute atomic E-state index is 12.4. The van der Waals surface area contributed by atoms with E-state index in [0.29, 0.717) is 25.3 Å². The number of hydrogen-bond donors (Lipinski definition) is 2. The number of amides is 1. The first-order valence-electron chi connectivity index (χ1n) is 6.10. The van der Waals surface area contributed by atoms with Crippen LogP contribution in [0.15, 0.2) is 18.2 Å². The Hall–Kier alpha value is -1.75. The molecule has 5 heteroatoms. The fourth-order valence-corrected chi connectivity index (χ4v) is 2.10. The molecule has 0 aliphatic carbocycles. The average molecular weight is 250 g/mol. The van der Waals surface area contributed by atoms with E-state index in [2.05, 4.69) is 0 Å². The topological polar surface area (TPSA) is 75.8 Å². The number of nitrogens with two attached hydrogens (primary N) is 1. The predicted molar refractivity (Wildman–Crippen MR) is 68.5 cm³/mol. The number of phenols is 1. The highest BCUT2D eigenvalue weighted by atomic mass is 16.5. The maximum atomic E-state index is 12.4. The van der Waals surface area contributed by atoms with Crippen LogP contribution in [0.25, 0.3) is 0 Å². The molecule has 3 N–H and O–H groups in total. The molecule has 0 saturated carbocycles. The number of ether oxygens (including phenoxy) is 1. The van der Waals surface area contributed by atoms with E-state index < -0.39 is 0 Å². The van der Waals surface area contributed by atoms with E-state index in [1.807, 2.05) is 6.92 Å². The van der Waals surface area contributed by atoms with Crippen molar-refractivity contribution in [1.29, 1.82) is 0 Å². The third-order valence-corrected chi connectivity index (χ3v) is 3.24. The number of anilines is 1. The minimum Gasteiger partial charge on any atom is -0.506 e. The van der Waals surface area contributed by atoms with Gasteiger partial charge in [-0.15, -0.1) is 0 Å². The molecule has 2 rings (SSSR count). The van der Waals surface area contributed by atoms with E-state index in [4.69, 9.17) is 10.5 Å². The van der Waals surface area contributed by atoms with Crippen LogP contribution < -0.4 is 5.73 Å². The van der Waals surface area contributed by atoms with Crippen molar-refractivity contribution in [2.24, 2.45) is 0 Å². The molecule has 1 saturated heterocycles. The third-order valence-electron chi connectivity index (χ3n) is 3.24. The van der Waals surface area contributed by atoms with E-state index in [-0.39, 0.29) is 23.4 Å². The van der Waals surface area contributed by atoms with E-state index in [1.54, 1.807) is 17.0 Å². The third kappa shape index (κ3) is 2.41. The van der Waals surface area contributed by atoms with Gasteiger partial charge in [0.1, 0.15) is 5.75 Å². The second-order valence-electron chi connectivity index (χ2n) is 4.41. The number of rotatable bonds is 2. The molecule has 1 unspecified atom stereocenters. The van der Waals surface area contributed by atoms with Crippen LogP contribution >= 0.6 is 0 Å². The number of nitrogens with zero attached hydrogens (tertiary/aromatic N) is 1. The van der Waals surface area contributed by atoms with Gasteiger partial charge in [-0.05, 0) is 24.6 Å². The van der Waals surface area contributed by atoms with Crippen LogP contribution in [0.5, 0.6) is 5.75 Å². The van der Waals surface area contributed by atoms with Crippen LogP contribution in [-0.4, -0.2) is 41.7 Å².